The number of nitrogens with one attached hydrogen (secondary N) is 1. The van der Waals surface area contributed by atoms with Gasteiger partial charge in [0.2, 0.25) is 0 Å². The molecule has 1 aromatic carbocycles. The molecule has 0 unspecified atom stereocenters. The molecule has 20 heavy (non-hydrogen) atoms. The number of rotatable bonds is 4. The first kappa shape index (κ1) is 13.3. The van der Waals surface area contributed by atoms with Crippen molar-refractivity contribution in [2.75, 3.05) is 5.43 Å². The van der Waals surface area contributed by atoms with E-state index in [1.54, 1.807) is 24.4 Å². The molecule has 0 saturated carbocycles. The Labute approximate surface area is 113 Å². The van der Waals surface area contributed by atoms with Gasteiger partial charge < -0.3 is 10.2 Å². The molecule has 0 spiro atoms. The summed E-state index contributed by atoms with van der Waals surface area (Å²) in [6, 6.07) is 7.09. The van der Waals surface area contributed by atoms with Crippen molar-refractivity contribution in [3.8, 4) is 11.5 Å². The lowest BCUT2D eigenvalue weighted by atomic mass is 10.2. The van der Waals surface area contributed by atoms with Crippen LogP contribution in [-0.4, -0.2) is 26.3 Å². The van der Waals surface area contributed by atoms with Crippen molar-refractivity contribution < 1.29 is 15.1 Å². The van der Waals surface area contributed by atoms with Crippen molar-refractivity contribution in [3.05, 3.63) is 52.2 Å². The van der Waals surface area contributed by atoms with Gasteiger partial charge >= 0.3 is 5.69 Å². The standard InChI is InChI=1S/C12H10N4O4/c17-10-6-11(18)9(16(19)20)5-8(10)7-14-15-12-3-1-2-4-13-12/h1-7,17-18H,(H,13,15). The molecule has 1 aromatic heterocycles. The molecule has 8 nitrogen and oxygen atoms in total. The highest BCUT2D eigenvalue weighted by Gasteiger charge is 2.16. The Balaban J connectivity index is 2.21. The maximum absolute atomic E-state index is 10.7. The fraction of sp³-hybridized carbons (Fsp3) is 0. The molecule has 2 rings (SSSR count). The van der Waals surface area contributed by atoms with Gasteiger partial charge in [-0.25, -0.2) is 4.98 Å². The summed E-state index contributed by atoms with van der Waals surface area (Å²) in [4.78, 5) is 13.9. The van der Waals surface area contributed by atoms with Gasteiger partial charge in [0.25, 0.3) is 0 Å². The molecule has 1 heterocycles. The van der Waals surface area contributed by atoms with Gasteiger partial charge in [-0.15, -0.1) is 0 Å². The summed E-state index contributed by atoms with van der Waals surface area (Å²) in [5.41, 5.74) is 2.18. The summed E-state index contributed by atoms with van der Waals surface area (Å²) in [5.74, 6) is -0.446. The van der Waals surface area contributed by atoms with Crippen molar-refractivity contribution in [1.29, 1.82) is 0 Å². The topological polar surface area (TPSA) is 121 Å². The summed E-state index contributed by atoms with van der Waals surface area (Å²) in [5, 5.41) is 33.4. The van der Waals surface area contributed by atoms with Crippen LogP contribution in [0.5, 0.6) is 11.5 Å². The van der Waals surface area contributed by atoms with E-state index in [0.29, 0.717) is 5.82 Å². The van der Waals surface area contributed by atoms with Crippen LogP contribution < -0.4 is 5.43 Å². The van der Waals surface area contributed by atoms with Gasteiger partial charge in [-0.1, -0.05) is 6.07 Å². The highest BCUT2D eigenvalue weighted by Crippen LogP contribution is 2.31. The van der Waals surface area contributed by atoms with Crippen molar-refractivity contribution in [2.45, 2.75) is 0 Å². The molecule has 0 amide bonds. The van der Waals surface area contributed by atoms with Gasteiger partial charge in [-0.2, -0.15) is 5.10 Å². The van der Waals surface area contributed by atoms with E-state index in [0.717, 1.165) is 12.1 Å². The van der Waals surface area contributed by atoms with Crippen LogP contribution in [0.15, 0.2) is 41.6 Å². The predicted molar refractivity (Wildman–Crippen MR) is 71.9 cm³/mol. The number of nitro benzene ring substituents is 1. The lowest BCUT2D eigenvalue weighted by molar-refractivity contribution is -0.385. The minimum absolute atomic E-state index is 0.0953. The van der Waals surface area contributed by atoms with Crippen LogP contribution in [0.3, 0.4) is 0 Å². The molecule has 8 heteroatoms. The number of phenolic OH excluding ortho intramolecular Hbond substituents is 2. The first-order valence-corrected chi connectivity index (χ1v) is 5.48. The third-order valence-electron chi connectivity index (χ3n) is 2.37. The van der Waals surface area contributed by atoms with E-state index in [1.165, 1.54) is 6.21 Å². The van der Waals surface area contributed by atoms with E-state index >= 15 is 0 Å². The van der Waals surface area contributed by atoms with E-state index < -0.39 is 16.4 Å². The maximum atomic E-state index is 10.7. The molecular weight excluding hydrogens is 264 g/mol. The van der Waals surface area contributed by atoms with Gasteiger partial charge in [-0.05, 0) is 12.1 Å². The van der Waals surface area contributed by atoms with Crippen molar-refractivity contribution in [1.82, 2.24) is 4.98 Å². The average Bonchev–Trinajstić information content (AvgIpc) is 2.42. The van der Waals surface area contributed by atoms with Gasteiger partial charge in [0, 0.05) is 23.9 Å². The van der Waals surface area contributed by atoms with E-state index in [2.05, 4.69) is 15.5 Å². The zero-order chi connectivity index (χ0) is 14.5. The van der Waals surface area contributed by atoms with Gasteiger partial charge in [-0.3, -0.25) is 15.5 Å². The summed E-state index contributed by atoms with van der Waals surface area (Å²) in [6.07, 6.45) is 2.76. The van der Waals surface area contributed by atoms with E-state index in [-0.39, 0.29) is 11.3 Å². The van der Waals surface area contributed by atoms with Crippen molar-refractivity contribution in [2.24, 2.45) is 5.10 Å². The third kappa shape index (κ3) is 2.99. The van der Waals surface area contributed by atoms with Crippen LogP contribution in [0.4, 0.5) is 11.5 Å². The van der Waals surface area contributed by atoms with E-state index in [1.807, 2.05) is 0 Å². The largest absolute Gasteiger partial charge is 0.507 e. The fourth-order valence-electron chi connectivity index (χ4n) is 1.43. The summed E-state index contributed by atoms with van der Waals surface area (Å²) >= 11 is 0. The summed E-state index contributed by atoms with van der Waals surface area (Å²) in [6.45, 7) is 0. The fourth-order valence-corrected chi connectivity index (χ4v) is 1.43. The second kappa shape index (κ2) is 5.65. The average molecular weight is 274 g/mol. The maximum Gasteiger partial charge on any atom is 0.311 e. The van der Waals surface area contributed by atoms with E-state index in [4.69, 9.17) is 0 Å². The second-order valence-corrected chi connectivity index (χ2v) is 3.74. The molecule has 0 fully saturated rings. The number of nitro groups is 1. The van der Waals surface area contributed by atoms with Gasteiger partial charge in [0.15, 0.2) is 5.75 Å². The summed E-state index contributed by atoms with van der Waals surface area (Å²) in [7, 11) is 0. The Morgan fingerprint density at radius 3 is 2.75 bits per heavy atom. The first-order chi connectivity index (χ1) is 9.58. The minimum Gasteiger partial charge on any atom is -0.507 e. The molecule has 2 aromatic rings. The van der Waals surface area contributed by atoms with Crippen LogP contribution in [0.25, 0.3) is 0 Å². The van der Waals surface area contributed by atoms with Crippen LogP contribution >= 0.6 is 0 Å². The quantitative estimate of drug-likeness (QED) is 0.444. The number of hydrazone groups is 1. The molecule has 0 aliphatic rings. The number of phenols is 2. The normalized spacial score (nSPS) is 10.6. The molecule has 0 saturated heterocycles. The lowest BCUT2D eigenvalue weighted by Gasteiger charge is -2.02. The Bertz CT molecular complexity index is 658. The van der Waals surface area contributed by atoms with Gasteiger partial charge in [0.1, 0.15) is 11.6 Å². The number of benzene rings is 1. The number of pyridine rings is 1. The Hall–Kier alpha value is -3.16. The van der Waals surface area contributed by atoms with Crippen molar-refractivity contribution >= 4 is 17.7 Å². The molecule has 3 N–H and O–H groups in total. The molecule has 102 valence electrons. The number of nitrogens with zero attached hydrogens (tertiary/aromatic N) is 3. The van der Waals surface area contributed by atoms with Crippen molar-refractivity contribution in [3.63, 3.8) is 0 Å². The Morgan fingerprint density at radius 1 is 1.30 bits per heavy atom. The minimum atomic E-state index is -0.752. The van der Waals surface area contributed by atoms with Crippen LogP contribution in [0, 0.1) is 10.1 Å². The first-order valence-electron chi connectivity index (χ1n) is 5.48. The molecule has 0 bridgehead atoms. The number of anilines is 1. The molecule has 0 aliphatic carbocycles. The monoisotopic (exact) mass is 274 g/mol. The van der Waals surface area contributed by atoms with E-state index in [9.17, 15) is 20.3 Å². The van der Waals surface area contributed by atoms with Gasteiger partial charge in [0.05, 0.1) is 11.1 Å². The Morgan fingerprint density at radius 2 is 2.10 bits per heavy atom. The molecule has 0 radical (unpaired) electrons. The smallest absolute Gasteiger partial charge is 0.311 e. The molecular formula is C12H10N4O4. The second-order valence-electron chi connectivity index (χ2n) is 3.74. The number of aromatic hydroxyl groups is 2. The van der Waals surface area contributed by atoms with Crippen LogP contribution in [0.1, 0.15) is 5.56 Å². The number of hydrogen-bond donors (Lipinski definition) is 3. The third-order valence-corrected chi connectivity index (χ3v) is 2.37. The number of aromatic nitrogens is 1. The summed E-state index contributed by atoms with van der Waals surface area (Å²) < 4.78 is 0. The zero-order valence-corrected chi connectivity index (χ0v) is 10.1. The van der Waals surface area contributed by atoms with Crippen LogP contribution in [-0.2, 0) is 0 Å². The highest BCUT2D eigenvalue weighted by atomic mass is 16.6. The Kier molecular flexibility index (Phi) is 3.75. The SMILES string of the molecule is O=[N+]([O-])c1cc(C=NNc2ccccn2)c(O)cc1O. The highest BCUT2D eigenvalue weighted by molar-refractivity contribution is 5.85. The predicted octanol–water partition coefficient (Wildman–Crippen LogP) is 1.85. The molecule has 0 aliphatic heterocycles. The molecule has 0 atom stereocenters. The van der Waals surface area contributed by atoms with Crippen LogP contribution in [0.2, 0.25) is 0 Å². The zero-order valence-electron chi connectivity index (χ0n) is 10.1. The lowest BCUT2D eigenvalue weighted by Crippen LogP contribution is -1.95. The number of hydrogen-bond acceptors (Lipinski definition) is 7.